The minimum Gasteiger partial charge on any atom is -0.460 e. The van der Waals surface area contributed by atoms with Gasteiger partial charge in [-0.05, 0) is 18.6 Å². The summed E-state index contributed by atoms with van der Waals surface area (Å²) in [5.74, 6) is 0.431. The molecule has 0 radical (unpaired) electrons. The number of nitrogens with one attached hydrogen (secondary N) is 1. The summed E-state index contributed by atoms with van der Waals surface area (Å²) in [5.41, 5.74) is 0. The van der Waals surface area contributed by atoms with Crippen LogP contribution in [-0.4, -0.2) is 46.0 Å². The number of thiol groups is 1. The molecule has 0 bridgehead atoms. The van der Waals surface area contributed by atoms with E-state index in [9.17, 15) is 9.59 Å². The Bertz CT molecular complexity index is 462. The maximum absolute atomic E-state index is 11.7. The fourth-order valence-corrected chi connectivity index (χ4v) is 2.01. The van der Waals surface area contributed by atoms with Crippen molar-refractivity contribution < 1.29 is 14.3 Å². The average Bonchev–Trinajstić information content (AvgIpc) is 2.95. The summed E-state index contributed by atoms with van der Waals surface area (Å²) >= 11 is 4.17. The molecule has 0 aliphatic carbocycles. The van der Waals surface area contributed by atoms with Gasteiger partial charge in [-0.15, -0.1) is 5.10 Å². The third-order valence-electron chi connectivity index (χ3n) is 2.65. The summed E-state index contributed by atoms with van der Waals surface area (Å²) in [4.78, 5) is 28.6. The first-order chi connectivity index (χ1) is 8.65. The molecule has 1 amide bonds. The zero-order valence-corrected chi connectivity index (χ0v) is 10.8. The highest BCUT2D eigenvalue weighted by Crippen LogP contribution is 2.22. The number of nitrogens with zero attached hydrogens (tertiary/aromatic N) is 3. The van der Waals surface area contributed by atoms with Crippen LogP contribution >= 0.6 is 12.6 Å². The van der Waals surface area contributed by atoms with Crippen molar-refractivity contribution in [1.82, 2.24) is 15.2 Å². The zero-order chi connectivity index (χ0) is 13.1. The smallest absolute Gasteiger partial charge is 0.375 e. The number of hydrogen-bond donors (Lipinski definition) is 2. The summed E-state index contributed by atoms with van der Waals surface area (Å²) in [6, 6.07) is 0. The molecular formula is C10H14N4O3S. The van der Waals surface area contributed by atoms with E-state index in [4.69, 9.17) is 4.74 Å². The average molecular weight is 270 g/mol. The molecule has 0 saturated carbocycles. The Labute approximate surface area is 109 Å². The summed E-state index contributed by atoms with van der Waals surface area (Å²) < 4.78 is 4.78. The lowest BCUT2D eigenvalue weighted by Crippen LogP contribution is -2.26. The second-order valence-corrected chi connectivity index (χ2v) is 4.33. The summed E-state index contributed by atoms with van der Waals surface area (Å²) in [5, 5.41) is 6.34. The Morgan fingerprint density at radius 2 is 2.44 bits per heavy atom. The van der Waals surface area contributed by atoms with Crippen LogP contribution in [0.5, 0.6) is 0 Å². The summed E-state index contributed by atoms with van der Waals surface area (Å²) in [7, 11) is 0. The molecule has 7 nitrogen and oxygen atoms in total. The fraction of sp³-hybridized carbons (Fsp3) is 0.600. The van der Waals surface area contributed by atoms with Gasteiger partial charge in [-0.25, -0.2) is 4.79 Å². The molecule has 1 unspecified atom stereocenters. The third-order valence-corrected chi connectivity index (χ3v) is 3.16. The lowest BCUT2D eigenvalue weighted by atomic mass is 10.1. The van der Waals surface area contributed by atoms with Crippen LogP contribution in [0.4, 0.5) is 5.95 Å². The van der Waals surface area contributed by atoms with Gasteiger partial charge >= 0.3 is 5.97 Å². The van der Waals surface area contributed by atoms with Crippen molar-refractivity contribution in [3.63, 3.8) is 0 Å². The van der Waals surface area contributed by atoms with Crippen LogP contribution in [0, 0.1) is 5.92 Å². The molecule has 0 aromatic carbocycles. The normalized spacial score (nSPS) is 19.3. The number of aromatic nitrogens is 3. The topological polar surface area (TPSA) is 88.2 Å². The van der Waals surface area contributed by atoms with Crippen LogP contribution < -0.4 is 4.90 Å². The molecule has 98 valence electrons. The lowest BCUT2D eigenvalue weighted by Gasteiger charge is -2.10. The number of hydrogen-bond acceptors (Lipinski definition) is 6. The van der Waals surface area contributed by atoms with Crippen LogP contribution in [0.1, 0.15) is 24.0 Å². The molecule has 1 aliphatic heterocycles. The molecule has 0 spiro atoms. The number of anilines is 1. The van der Waals surface area contributed by atoms with Crippen LogP contribution in [0.2, 0.25) is 0 Å². The predicted octanol–water partition coefficient (Wildman–Crippen LogP) is 0.264. The molecule has 1 N–H and O–H groups in total. The number of carbonyl (C=O) groups is 2. The summed E-state index contributed by atoms with van der Waals surface area (Å²) in [6.07, 6.45) is 0.437. The maximum Gasteiger partial charge on any atom is 0.375 e. The second-order valence-electron chi connectivity index (χ2n) is 3.96. The van der Waals surface area contributed by atoms with E-state index in [-0.39, 0.29) is 30.2 Å². The van der Waals surface area contributed by atoms with Crippen molar-refractivity contribution in [3.05, 3.63) is 5.82 Å². The van der Waals surface area contributed by atoms with E-state index in [1.807, 2.05) is 0 Å². The van der Waals surface area contributed by atoms with Crippen molar-refractivity contribution >= 4 is 30.5 Å². The quantitative estimate of drug-likeness (QED) is 0.605. The van der Waals surface area contributed by atoms with E-state index >= 15 is 0 Å². The number of esters is 1. The van der Waals surface area contributed by atoms with E-state index in [0.29, 0.717) is 18.7 Å². The maximum atomic E-state index is 11.7. The lowest BCUT2D eigenvalue weighted by molar-refractivity contribution is -0.117. The highest BCUT2D eigenvalue weighted by molar-refractivity contribution is 7.80. The van der Waals surface area contributed by atoms with Gasteiger partial charge < -0.3 is 4.74 Å². The highest BCUT2D eigenvalue weighted by Gasteiger charge is 2.32. The molecule has 2 heterocycles. The van der Waals surface area contributed by atoms with Crippen molar-refractivity contribution in [1.29, 1.82) is 0 Å². The molecular weight excluding hydrogens is 256 g/mol. The minimum atomic E-state index is -0.575. The van der Waals surface area contributed by atoms with E-state index in [1.165, 1.54) is 4.90 Å². The molecule has 1 fully saturated rings. The van der Waals surface area contributed by atoms with Gasteiger partial charge in [0.05, 0.1) is 6.61 Å². The third kappa shape index (κ3) is 2.47. The van der Waals surface area contributed by atoms with Gasteiger partial charge in [-0.3, -0.25) is 14.8 Å². The largest absolute Gasteiger partial charge is 0.460 e. The number of carbonyl (C=O) groups excluding carboxylic acids is 2. The van der Waals surface area contributed by atoms with Gasteiger partial charge in [-0.1, -0.05) is 0 Å². The van der Waals surface area contributed by atoms with Crippen LogP contribution in [0.25, 0.3) is 0 Å². The van der Waals surface area contributed by atoms with Crippen LogP contribution in [-0.2, 0) is 9.53 Å². The molecule has 1 aromatic heterocycles. The standard InChI is InChI=1S/C10H14N4O3S/c1-2-17-9(16)8-11-10(13-12-8)14-4-6(5-18)3-7(14)15/h6,18H,2-5H2,1H3,(H,11,12,13). The molecule has 1 aromatic rings. The Morgan fingerprint density at radius 3 is 3.06 bits per heavy atom. The Morgan fingerprint density at radius 1 is 1.67 bits per heavy atom. The monoisotopic (exact) mass is 270 g/mol. The second kappa shape index (κ2) is 5.38. The SMILES string of the molecule is CCOC(=O)c1nc(N2CC(CS)CC2=O)n[nH]1. The van der Waals surface area contributed by atoms with Gasteiger partial charge in [0.25, 0.3) is 5.95 Å². The molecule has 1 atom stereocenters. The van der Waals surface area contributed by atoms with Gasteiger partial charge in [0, 0.05) is 13.0 Å². The summed E-state index contributed by atoms with van der Waals surface area (Å²) in [6.45, 7) is 2.50. The van der Waals surface area contributed by atoms with E-state index in [1.54, 1.807) is 6.92 Å². The van der Waals surface area contributed by atoms with Crippen LogP contribution in [0.15, 0.2) is 0 Å². The number of H-pyrrole nitrogens is 1. The van der Waals surface area contributed by atoms with Crippen molar-refractivity contribution in [2.24, 2.45) is 5.92 Å². The molecule has 8 heteroatoms. The highest BCUT2D eigenvalue weighted by atomic mass is 32.1. The van der Waals surface area contributed by atoms with Gasteiger partial charge in [0.15, 0.2) is 0 Å². The Hall–Kier alpha value is -1.57. The number of rotatable bonds is 4. The number of ether oxygens (including phenoxy) is 1. The number of aromatic amines is 1. The Kier molecular flexibility index (Phi) is 3.85. The van der Waals surface area contributed by atoms with Gasteiger partial charge in [0.1, 0.15) is 0 Å². The molecule has 2 rings (SSSR count). The molecule has 1 aliphatic rings. The van der Waals surface area contributed by atoms with Gasteiger partial charge in [0.2, 0.25) is 11.7 Å². The Balaban J connectivity index is 2.11. The van der Waals surface area contributed by atoms with Crippen molar-refractivity contribution in [3.8, 4) is 0 Å². The zero-order valence-electron chi connectivity index (χ0n) is 9.92. The first kappa shape index (κ1) is 12.9. The van der Waals surface area contributed by atoms with E-state index in [0.717, 1.165) is 0 Å². The van der Waals surface area contributed by atoms with Crippen molar-refractivity contribution in [2.45, 2.75) is 13.3 Å². The van der Waals surface area contributed by atoms with Gasteiger partial charge in [-0.2, -0.15) is 17.6 Å². The first-order valence-corrected chi connectivity index (χ1v) is 6.29. The van der Waals surface area contributed by atoms with E-state index < -0.39 is 5.97 Å². The predicted molar refractivity (Wildman–Crippen MR) is 66.7 cm³/mol. The van der Waals surface area contributed by atoms with Crippen LogP contribution in [0.3, 0.4) is 0 Å². The minimum absolute atomic E-state index is 0.00831. The molecule has 1 saturated heterocycles. The first-order valence-electron chi connectivity index (χ1n) is 5.66. The number of amides is 1. The van der Waals surface area contributed by atoms with E-state index in [2.05, 4.69) is 27.8 Å². The fourth-order valence-electron chi connectivity index (χ4n) is 1.76. The van der Waals surface area contributed by atoms with Crippen molar-refractivity contribution in [2.75, 3.05) is 23.8 Å². The molecule has 18 heavy (non-hydrogen) atoms.